The zero-order chi connectivity index (χ0) is 13.8. The molecule has 0 aliphatic heterocycles. The van der Waals surface area contributed by atoms with Crippen molar-refractivity contribution in [3.63, 3.8) is 0 Å². The normalized spacial score (nSPS) is 9.95. The minimum Gasteiger partial charge on any atom is -0.497 e. The van der Waals surface area contributed by atoms with E-state index < -0.39 is 11.9 Å². The number of amides is 1. The maximum atomic E-state index is 11.7. The second-order valence-corrected chi connectivity index (χ2v) is 3.56. The van der Waals surface area contributed by atoms with Crippen LogP contribution in [0.5, 0.6) is 5.75 Å². The Bertz CT molecular complexity index is 607. The Morgan fingerprint density at radius 3 is 2.74 bits per heavy atom. The number of benzene rings is 1. The van der Waals surface area contributed by atoms with Gasteiger partial charge >= 0.3 is 5.97 Å². The summed E-state index contributed by atoms with van der Waals surface area (Å²) >= 11 is 0. The Morgan fingerprint density at radius 2 is 2.16 bits per heavy atom. The Morgan fingerprint density at radius 1 is 1.37 bits per heavy atom. The number of hydrogen-bond acceptors (Lipinski definition) is 5. The van der Waals surface area contributed by atoms with Crippen molar-refractivity contribution in [1.29, 1.82) is 0 Å². The molecule has 0 aliphatic carbocycles. The van der Waals surface area contributed by atoms with Crippen LogP contribution in [-0.2, 0) is 0 Å². The van der Waals surface area contributed by atoms with Crippen molar-refractivity contribution in [2.45, 2.75) is 0 Å². The van der Waals surface area contributed by atoms with E-state index in [2.05, 4.69) is 15.0 Å². The number of carboxylic acids is 1. The second kappa shape index (κ2) is 5.21. The van der Waals surface area contributed by atoms with E-state index in [1.165, 1.54) is 31.6 Å². The number of carbonyl (C=O) groups is 2. The van der Waals surface area contributed by atoms with E-state index in [-0.39, 0.29) is 16.9 Å². The molecule has 1 aromatic heterocycles. The molecule has 0 atom stereocenters. The van der Waals surface area contributed by atoms with E-state index in [0.717, 1.165) is 0 Å². The monoisotopic (exact) mass is 262 g/mol. The van der Waals surface area contributed by atoms with Crippen molar-refractivity contribution >= 4 is 17.6 Å². The minimum absolute atomic E-state index is 0.0622. The molecule has 19 heavy (non-hydrogen) atoms. The predicted molar refractivity (Wildman–Crippen MR) is 64.4 cm³/mol. The van der Waals surface area contributed by atoms with Crippen LogP contribution in [0.4, 0.5) is 5.69 Å². The lowest BCUT2D eigenvalue weighted by Gasteiger charge is -2.08. The predicted octanol–water partition coefficient (Wildman–Crippen LogP) is 1.63. The molecule has 1 aromatic carbocycles. The number of anilines is 1. The van der Waals surface area contributed by atoms with Crippen molar-refractivity contribution in [3.8, 4) is 5.75 Å². The van der Waals surface area contributed by atoms with Crippen molar-refractivity contribution in [3.05, 3.63) is 41.8 Å². The largest absolute Gasteiger partial charge is 0.497 e. The standard InChI is InChI=1S/C12H10N2O5/c1-18-7-2-3-9(8(6-7)12(16)17)13-11(15)10-4-5-19-14-10/h2-6H,1H3,(H,13,15)(H,16,17). The van der Waals surface area contributed by atoms with Crippen LogP contribution in [0.25, 0.3) is 0 Å². The molecule has 0 radical (unpaired) electrons. The van der Waals surface area contributed by atoms with E-state index in [1.807, 2.05) is 0 Å². The lowest BCUT2D eigenvalue weighted by molar-refractivity contribution is 0.0697. The van der Waals surface area contributed by atoms with Crippen molar-refractivity contribution in [2.75, 3.05) is 12.4 Å². The average molecular weight is 262 g/mol. The summed E-state index contributed by atoms with van der Waals surface area (Å²) in [6.07, 6.45) is 1.25. The number of carboxylic acid groups (broad SMARTS) is 1. The molecule has 98 valence electrons. The maximum absolute atomic E-state index is 11.7. The van der Waals surface area contributed by atoms with E-state index >= 15 is 0 Å². The second-order valence-electron chi connectivity index (χ2n) is 3.56. The molecule has 2 rings (SSSR count). The molecule has 2 N–H and O–H groups in total. The number of hydrogen-bond donors (Lipinski definition) is 2. The molecule has 0 spiro atoms. The van der Waals surface area contributed by atoms with Gasteiger partial charge in [0.1, 0.15) is 12.0 Å². The molecule has 7 heteroatoms. The summed E-state index contributed by atoms with van der Waals surface area (Å²) in [5.41, 5.74) is 0.143. The highest BCUT2D eigenvalue weighted by Gasteiger charge is 2.16. The average Bonchev–Trinajstić information content (AvgIpc) is 2.92. The van der Waals surface area contributed by atoms with Gasteiger partial charge in [-0.25, -0.2) is 4.79 Å². The molecule has 0 aliphatic rings. The quantitative estimate of drug-likeness (QED) is 0.868. The van der Waals surface area contributed by atoms with Crippen LogP contribution in [0.15, 0.2) is 35.1 Å². The zero-order valence-corrected chi connectivity index (χ0v) is 9.91. The fraction of sp³-hybridized carbons (Fsp3) is 0.0833. The summed E-state index contributed by atoms with van der Waals surface area (Å²) in [5, 5.41) is 15.0. The van der Waals surface area contributed by atoms with Gasteiger partial charge in [0, 0.05) is 6.07 Å². The molecule has 0 unspecified atom stereocenters. The highest BCUT2D eigenvalue weighted by Crippen LogP contribution is 2.22. The molecule has 1 heterocycles. The molecule has 1 amide bonds. The first-order chi connectivity index (χ1) is 9.11. The van der Waals surface area contributed by atoms with Crippen molar-refractivity contribution < 1.29 is 24.0 Å². The first-order valence-electron chi connectivity index (χ1n) is 5.25. The molecule has 0 saturated heterocycles. The molecule has 0 fully saturated rings. The van der Waals surface area contributed by atoms with Crippen molar-refractivity contribution in [1.82, 2.24) is 5.16 Å². The van der Waals surface area contributed by atoms with Crippen LogP contribution in [0.2, 0.25) is 0 Å². The summed E-state index contributed by atoms with van der Waals surface area (Å²) in [6, 6.07) is 5.69. The van der Waals surface area contributed by atoms with Gasteiger partial charge in [-0.05, 0) is 18.2 Å². The molecule has 2 aromatic rings. The van der Waals surface area contributed by atoms with Gasteiger partial charge in [0.2, 0.25) is 0 Å². The number of methoxy groups -OCH3 is 1. The first kappa shape index (κ1) is 12.6. The van der Waals surface area contributed by atoms with Gasteiger partial charge in [-0.3, -0.25) is 4.79 Å². The van der Waals surface area contributed by atoms with Gasteiger partial charge in [0.25, 0.3) is 5.91 Å². The van der Waals surface area contributed by atoms with Crippen molar-refractivity contribution in [2.24, 2.45) is 0 Å². The van der Waals surface area contributed by atoms with Crippen LogP contribution in [-0.4, -0.2) is 29.2 Å². The van der Waals surface area contributed by atoms with Crippen LogP contribution in [0, 0.1) is 0 Å². The number of nitrogens with one attached hydrogen (secondary N) is 1. The van der Waals surface area contributed by atoms with E-state index in [0.29, 0.717) is 5.75 Å². The highest BCUT2D eigenvalue weighted by atomic mass is 16.5. The number of carbonyl (C=O) groups excluding carboxylic acids is 1. The summed E-state index contributed by atoms with van der Waals surface area (Å²) in [5.74, 6) is -1.34. The topological polar surface area (TPSA) is 102 Å². The number of aromatic nitrogens is 1. The fourth-order valence-corrected chi connectivity index (χ4v) is 1.45. The summed E-state index contributed by atoms with van der Waals surface area (Å²) in [7, 11) is 1.43. The van der Waals surface area contributed by atoms with E-state index in [4.69, 9.17) is 9.84 Å². The van der Waals surface area contributed by atoms with Gasteiger partial charge in [0.15, 0.2) is 5.69 Å². The van der Waals surface area contributed by atoms with Crippen LogP contribution < -0.4 is 10.1 Å². The lowest BCUT2D eigenvalue weighted by atomic mass is 10.1. The fourth-order valence-electron chi connectivity index (χ4n) is 1.45. The smallest absolute Gasteiger partial charge is 0.337 e. The first-order valence-corrected chi connectivity index (χ1v) is 5.25. The van der Waals surface area contributed by atoms with Crippen LogP contribution in [0.3, 0.4) is 0 Å². The molecule has 0 bridgehead atoms. The third-order valence-corrected chi connectivity index (χ3v) is 2.38. The van der Waals surface area contributed by atoms with Gasteiger partial charge in [-0.2, -0.15) is 0 Å². The zero-order valence-electron chi connectivity index (χ0n) is 9.91. The maximum Gasteiger partial charge on any atom is 0.337 e. The highest BCUT2D eigenvalue weighted by molar-refractivity contribution is 6.06. The molecule has 7 nitrogen and oxygen atoms in total. The summed E-state index contributed by atoms with van der Waals surface area (Å²) < 4.78 is 9.47. The minimum atomic E-state index is -1.17. The van der Waals surface area contributed by atoms with E-state index in [1.54, 1.807) is 6.07 Å². The number of rotatable bonds is 4. The van der Waals surface area contributed by atoms with Gasteiger partial charge < -0.3 is 19.7 Å². The van der Waals surface area contributed by atoms with Gasteiger partial charge in [-0.15, -0.1) is 0 Å². The Hall–Kier alpha value is -2.83. The molecular formula is C12H10N2O5. The van der Waals surface area contributed by atoms with Crippen LogP contribution >= 0.6 is 0 Å². The number of aromatic carboxylic acids is 1. The third kappa shape index (κ3) is 2.71. The van der Waals surface area contributed by atoms with Gasteiger partial charge in [-0.1, -0.05) is 5.16 Å². The summed E-state index contributed by atoms with van der Waals surface area (Å²) in [4.78, 5) is 22.9. The Kier molecular flexibility index (Phi) is 3.46. The molecular weight excluding hydrogens is 252 g/mol. The SMILES string of the molecule is COc1ccc(NC(=O)c2ccon2)c(C(=O)O)c1. The Balaban J connectivity index is 2.29. The number of nitrogens with zero attached hydrogens (tertiary/aromatic N) is 1. The van der Waals surface area contributed by atoms with E-state index in [9.17, 15) is 9.59 Å². The summed E-state index contributed by atoms with van der Waals surface area (Å²) in [6.45, 7) is 0. The van der Waals surface area contributed by atoms with Crippen LogP contribution in [0.1, 0.15) is 20.8 Å². The third-order valence-electron chi connectivity index (χ3n) is 2.38. The number of ether oxygens (including phenoxy) is 1. The lowest BCUT2D eigenvalue weighted by Crippen LogP contribution is -2.15. The Labute approximate surface area is 107 Å². The molecule has 0 saturated carbocycles. The van der Waals surface area contributed by atoms with Gasteiger partial charge in [0.05, 0.1) is 18.4 Å².